The maximum absolute atomic E-state index is 10.4. The second-order valence-electron chi connectivity index (χ2n) is 11.2. The number of piperidine rings is 1. The number of aromatic nitrogens is 4. The molecule has 3 aromatic rings. The monoisotopic (exact) mass is 498 g/mol. The van der Waals surface area contributed by atoms with Crippen LogP contribution in [-0.2, 0) is 17.2 Å². The molecule has 2 fully saturated rings. The van der Waals surface area contributed by atoms with Gasteiger partial charge in [-0.2, -0.15) is 5.10 Å². The first-order chi connectivity index (χ1) is 16.5. The summed E-state index contributed by atoms with van der Waals surface area (Å²) in [7, 11) is 1.92. The zero-order valence-corrected chi connectivity index (χ0v) is 21.9. The Morgan fingerprint density at radius 1 is 1.20 bits per heavy atom. The van der Waals surface area contributed by atoms with Gasteiger partial charge in [0.2, 0.25) is 5.95 Å². The van der Waals surface area contributed by atoms with Crippen LogP contribution in [0.1, 0.15) is 57.7 Å². The predicted octanol–water partition coefficient (Wildman–Crippen LogP) is 4.39. The summed E-state index contributed by atoms with van der Waals surface area (Å²) in [5.74, 6) is 1.73. The Labute approximate surface area is 211 Å². The number of aryl methyl sites for hydroxylation is 1. The molecule has 5 rings (SSSR count). The third kappa shape index (κ3) is 4.65. The summed E-state index contributed by atoms with van der Waals surface area (Å²) in [6.07, 6.45) is 3.33. The van der Waals surface area contributed by atoms with Crippen LogP contribution in [0.5, 0.6) is 0 Å². The van der Waals surface area contributed by atoms with E-state index >= 15 is 0 Å². The Morgan fingerprint density at radius 2 is 1.94 bits per heavy atom. The van der Waals surface area contributed by atoms with Gasteiger partial charge in [-0.15, -0.1) is 0 Å². The number of likely N-dealkylation sites (tertiary alicyclic amines) is 1. The molecule has 0 amide bonds. The Kier molecular flexibility index (Phi) is 6.28. The highest BCUT2D eigenvalue weighted by Crippen LogP contribution is 2.38. The predicted molar refractivity (Wildman–Crippen MR) is 139 cm³/mol. The highest BCUT2D eigenvalue weighted by molar-refractivity contribution is 6.32. The van der Waals surface area contributed by atoms with Gasteiger partial charge in [-0.1, -0.05) is 32.4 Å². The number of fused-ring (bicyclic) bond motifs is 1. The van der Waals surface area contributed by atoms with Crippen molar-refractivity contribution < 1.29 is 9.84 Å². The zero-order chi connectivity index (χ0) is 25.0. The van der Waals surface area contributed by atoms with E-state index in [0.717, 1.165) is 58.9 Å². The minimum Gasteiger partial charge on any atom is -0.389 e. The quantitative estimate of drug-likeness (QED) is 0.551. The van der Waals surface area contributed by atoms with Gasteiger partial charge in [-0.05, 0) is 56.5 Å². The van der Waals surface area contributed by atoms with E-state index in [2.05, 4.69) is 54.1 Å². The molecule has 0 spiro atoms. The van der Waals surface area contributed by atoms with Gasteiger partial charge in [0.15, 0.2) is 0 Å². The van der Waals surface area contributed by atoms with Gasteiger partial charge < -0.3 is 15.2 Å². The molecule has 2 N–H and O–H groups in total. The van der Waals surface area contributed by atoms with Crippen LogP contribution >= 0.6 is 11.6 Å². The number of nitrogens with one attached hydrogen (secondary N) is 1. The first-order valence-corrected chi connectivity index (χ1v) is 12.7. The van der Waals surface area contributed by atoms with Gasteiger partial charge in [-0.25, -0.2) is 9.97 Å². The fourth-order valence-electron chi connectivity index (χ4n) is 5.16. The molecule has 0 saturated carbocycles. The molecule has 1 unspecified atom stereocenters. The Balaban J connectivity index is 1.35. The molecule has 2 aromatic heterocycles. The number of anilines is 2. The van der Waals surface area contributed by atoms with Gasteiger partial charge in [0, 0.05) is 35.1 Å². The van der Waals surface area contributed by atoms with Gasteiger partial charge in [0.25, 0.3) is 0 Å². The number of ether oxygens (including phenoxy) is 1. The summed E-state index contributed by atoms with van der Waals surface area (Å²) in [6.45, 7) is 11.3. The highest BCUT2D eigenvalue weighted by atomic mass is 35.5. The summed E-state index contributed by atoms with van der Waals surface area (Å²) in [6, 6.07) is 6.13. The summed E-state index contributed by atoms with van der Waals surface area (Å²) >= 11 is 6.73. The first kappa shape index (κ1) is 24.4. The van der Waals surface area contributed by atoms with E-state index in [1.54, 1.807) is 0 Å². The van der Waals surface area contributed by atoms with Crippen LogP contribution in [0.25, 0.3) is 10.9 Å². The summed E-state index contributed by atoms with van der Waals surface area (Å²) in [5.41, 5.74) is 2.67. The van der Waals surface area contributed by atoms with E-state index in [1.165, 1.54) is 0 Å². The van der Waals surface area contributed by atoms with E-state index in [4.69, 9.17) is 21.3 Å². The summed E-state index contributed by atoms with van der Waals surface area (Å²) in [4.78, 5) is 11.7. The van der Waals surface area contributed by atoms with Crippen LogP contribution in [0, 0.1) is 0 Å². The highest BCUT2D eigenvalue weighted by Gasteiger charge is 2.45. The zero-order valence-electron chi connectivity index (χ0n) is 21.2. The molecule has 2 aliphatic heterocycles. The molecule has 35 heavy (non-hydrogen) atoms. The number of aliphatic hydroxyl groups is 1. The SMILES string of the molecule is Cn1nc(C(C)(C)C)cc1Nc1ncc2cc(Cl)c(C3CCN([C@]4(C)COCC4O)CC3)cc2n1. The average Bonchev–Trinajstić information content (AvgIpc) is 3.36. The van der Waals surface area contributed by atoms with Gasteiger partial charge in [0.1, 0.15) is 5.82 Å². The minimum absolute atomic E-state index is 0.0382. The molecular weight excluding hydrogens is 464 g/mol. The normalized spacial score (nSPS) is 24.4. The lowest BCUT2D eigenvalue weighted by Crippen LogP contribution is -2.56. The maximum atomic E-state index is 10.4. The third-order valence-electron chi connectivity index (χ3n) is 7.63. The largest absolute Gasteiger partial charge is 0.389 e. The van der Waals surface area contributed by atoms with E-state index in [0.29, 0.717) is 25.1 Å². The van der Waals surface area contributed by atoms with E-state index in [1.807, 2.05) is 30.1 Å². The fourth-order valence-corrected chi connectivity index (χ4v) is 5.49. The molecule has 0 radical (unpaired) electrons. The topological polar surface area (TPSA) is 88.3 Å². The van der Waals surface area contributed by atoms with Crippen LogP contribution in [-0.4, -0.2) is 67.7 Å². The third-order valence-corrected chi connectivity index (χ3v) is 7.96. The second kappa shape index (κ2) is 9.00. The number of benzene rings is 1. The number of rotatable bonds is 4. The van der Waals surface area contributed by atoms with E-state index < -0.39 is 6.10 Å². The minimum atomic E-state index is -0.440. The molecule has 188 valence electrons. The number of halogens is 1. The van der Waals surface area contributed by atoms with Crippen molar-refractivity contribution in [2.45, 2.75) is 63.5 Å². The van der Waals surface area contributed by atoms with Crippen molar-refractivity contribution in [1.82, 2.24) is 24.6 Å². The number of hydrogen-bond donors (Lipinski definition) is 2. The van der Waals surface area contributed by atoms with Crippen LogP contribution in [0.3, 0.4) is 0 Å². The Hall–Kier alpha value is -2.26. The molecule has 4 heterocycles. The van der Waals surface area contributed by atoms with E-state index in [-0.39, 0.29) is 11.0 Å². The van der Waals surface area contributed by atoms with Gasteiger partial charge in [0.05, 0.1) is 36.1 Å². The van der Waals surface area contributed by atoms with Crippen molar-refractivity contribution in [3.8, 4) is 0 Å². The number of aliphatic hydroxyl groups excluding tert-OH is 1. The molecule has 0 aliphatic carbocycles. The second-order valence-corrected chi connectivity index (χ2v) is 11.6. The van der Waals surface area contributed by atoms with E-state index in [9.17, 15) is 5.11 Å². The molecular formula is C26H35ClN6O2. The van der Waals surface area contributed by atoms with Crippen LogP contribution < -0.4 is 5.32 Å². The molecule has 9 heteroatoms. The standard InChI is InChI=1S/C26H35ClN6O2/c1-25(2,3)21-12-23(32(5)31-21)30-24-28-13-17-10-19(27)18(11-20(17)29-24)16-6-8-33(9-7-16)26(4)15-35-14-22(26)34/h10-13,16,22,34H,6-9,14-15H2,1-5H3,(H,28,29,30)/t22?,26-/m1/s1. The van der Waals surface area contributed by atoms with Crippen molar-refractivity contribution in [2.75, 3.05) is 31.6 Å². The van der Waals surface area contributed by atoms with Gasteiger partial charge in [-0.3, -0.25) is 9.58 Å². The number of nitrogens with zero attached hydrogens (tertiary/aromatic N) is 5. The fraction of sp³-hybridized carbons (Fsp3) is 0.577. The molecule has 2 aliphatic rings. The van der Waals surface area contributed by atoms with Crippen molar-refractivity contribution in [2.24, 2.45) is 7.05 Å². The van der Waals surface area contributed by atoms with Crippen LogP contribution in [0.2, 0.25) is 5.02 Å². The van der Waals surface area contributed by atoms with Gasteiger partial charge >= 0.3 is 0 Å². The summed E-state index contributed by atoms with van der Waals surface area (Å²) in [5, 5.41) is 20.0. The first-order valence-electron chi connectivity index (χ1n) is 12.3. The van der Waals surface area contributed by atoms with Crippen molar-refractivity contribution >= 4 is 34.3 Å². The number of hydrogen-bond acceptors (Lipinski definition) is 7. The van der Waals surface area contributed by atoms with Crippen molar-refractivity contribution in [1.29, 1.82) is 0 Å². The van der Waals surface area contributed by atoms with Crippen molar-refractivity contribution in [3.05, 3.63) is 40.7 Å². The Morgan fingerprint density at radius 3 is 2.57 bits per heavy atom. The Bertz CT molecular complexity index is 1230. The maximum Gasteiger partial charge on any atom is 0.228 e. The van der Waals surface area contributed by atoms with Crippen molar-refractivity contribution in [3.63, 3.8) is 0 Å². The van der Waals surface area contributed by atoms with Crippen LogP contribution in [0.4, 0.5) is 11.8 Å². The lowest BCUT2D eigenvalue weighted by molar-refractivity contribution is -0.00211. The van der Waals surface area contributed by atoms with Crippen LogP contribution in [0.15, 0.2) is 24.4 Å². The molecule has 8 nitrogen and oxygen atoms in total. The molecule has 2 saturated heterocycles. The lowest BCUT2D eigenvalue weighted by atomic mass is 9.85. The molecule has 0 bridgehead atoms. The lowest BCUT2D eigenvalue weighted by Gasteiger charge is -2.43. The molecule has 2 atom stereocenters. The summed E-state index contributed by atoms with van der Waals surface area (Å²) < 4.78 is 7.37. The average molecular weight is 499 g/mol. The molecule has 1 aromatic carbocycles. The smallest absolute Gasteiger partial charge is 0.228 e.